The molecule has 0 bridgehead atoms. The van der Waals surface area contributed by atoms with Crippen LogP contribution in [0.1, 0.15) is 38.7 Å². The van der Waals surface area contributed by atoms with Crippen molar-refractivity contribution in [3.8, 4) is 0 Å². The number of esters is 1. The molecule has 0 aliphatic carbocycles. The van der Waals surface area contributed by atoms with E-state index in [0.29, 0.717) is 12.0 Å². The number of ether oxygens (including phenoxy) is 1. The smallest absolute Gasteiger partial charge is 0.344 e. The monoisotopic (exact) mass is 363 g/mol. The summed E-state index contributed by atoms with van der Waals surface area (Å²) in [5.41, 5.74) is -1.45. The quantitative estimate of drug-likeness (QED) is 0.583. The van der Waals surface area contributed by atoms with Crippen LogP contribution in [0.15, 0.2) is 29.6 Å². The lowest BCUT2D eigenvalue weighted by Gasteiger charge is -2.34. The molecule has 1 aromatic carbocycles. The fraction of sp³-hybridized carbons (Fsp3) is 0.389. The van der Waals surface area contributed by atoms with Gasteiger partial charge in [0.15, 0.2) is 0 Å². The van der Waals surface area contributed by atoms with Crippen LogP contribution in [0, 0.1) is 0 Å². The van der Waals surface area contributed by atoms with Crippen LogP contribution in [0.3, 0.4) is 0 Å². The van der Waals surface area contributed by atoms with Gasteiger partial charge in [-0.2, -0.15) is 0 Å². The largest absolute Gasteiger partial charge is 0.479 e. The molecule has 2 N–H and O–H groups in total. The molecule has 2 rings (SSSR count). The maximum absolute atomic E-state index is 12.7. The maximum Gasteiger partial charge on any atom is 0.344 e. The third-order valence-electron chi connectivity index (χ3n) is 4.13. The Bertz CT molecular complexity index is 800. The molecule has 2 unspecified atom stereocenters. The fourth-order valence-corrected chi connectivity index (χ4v) is 4.14. The first-order valence-corrected chi connectivity index (χ1v) is 8.91. The number of rotatable bonds is 7. The zero-order valence-electron chi connectivity index (χ0n) is 14.4. The van der Waals surface area contributed by atoms with Gasteiger partial charge < -0.3 is 15.2 Å². The number of carbonyl (C=O) groups is 3. The third-order valence-corrected chi connectivity index (χ3v) is 5.11. The fourth-order valence-electron chi connectivity index (χ4n) is 3.12. The van der Waals surface area contributed by atoms with Crippen LogP contribution >= 0.6 is 11.3 Å². The van der Waals surface area contributed by atoms with Gasteiger partial charge in [0, 0.05) is 17.5 Å². The Morgan fingerprint density at radius 2 is 1.96 bits per heavy atom. The predicted octanol–water partition coefficient (Wildman–Crippen LogP) is 2.92. The van der Waals surface area contributed by atoms with Crippen LogP contribution in [0.5, 0.6) is 0 Å². The lowest BCUT2D eigenvalue weighted by Crippen LogP contribution is -2.63. The van der Waals surface area contributed by atoms with Crippen LogP contribution in [0.2, 0.25) is 0 Å². The number of carboxylic acids is 1. The second kappa shape index (κ2) is 7.65. The van der Waals surface area contributed by atoms with E-state index in [4.69, 9.17) is 4.74 Å². The topological polar surface area (TPSA) is 92.7 Å². The zero-order chi connectivity index (χ0) is 18.6. The van der Waals surface area contributed by atoms with Gasteiger partial charge in [0.05, 0.1) is 6.61 Å². The molecule has 0 radical (unpaired) electrons. The van der Waals surface area contributed by atoms with Gasteiger partial charge in [-0.3, -0.25) is 4.79 Å². The van der Waals surface area contributed by atoms with Crippen LogP contribution in [0.25, 0.3) is 10.1 Å². The van der Waals surface area contributed by atoms with Gasteiger partial charge in [0.25, 0.3) is 0 Å². The first-order chi connectivity index (χ1) is 11.9. The summed E-state index contributed by atoms with van der Waals surface area (Å²) in [6, 6.07) is 7.57. The van der Waals surface area contributed by atoms with Crippen molar-refractivity contribution in [3.05, 3.63) is 35.2 Å². The Morgan fingerprint density at radius 3 is 2.52 bits per heavy atom. The molecule has 7 heteroatoms. The lowest BCUT2D eigenvalue weighted by molar-refractivity contribution is -0.166. The number of nitrogens with one attached hydrogen (secondary N) is 1. The van der Waals surface area contributed by atoms with Crippen molar-refractivity contribution >= 4 is 39.3 Å². The molecule has 0 spiro atoms. The van der Waals surface area contributed by atoms with Crippen molar-refractivity contribution in [3.63, 3.8) is 0 Å². The Hall–Kier alpha value is -2.41. The molecular formula is C18H21NO5S. The summed E-state index contributed by atoms with van der Waals surface area (Å²) in [6.45, 7) is 4.60. The van der Waals surface area contributed by atoms with Crippen molar-refractivity contribution in [2.75, 3.05) is 6.61 Å². The van der Waals surface area contributed by atoms with Crippen molar-refractivity contribution in [1.82, 2.24) is 5.32 Å². The van der Waals surface area contributed by atoms with Crippen LogP contribution in [-0.2, 0) is 19.1 Å². The molecule has 0 saturated carbocycles. The third kappa shape index (κ3) is 3.37. The average Bonchev–Trinajstić information content (AvgIpc) is 2.98. The first kappa shape index (κ1) is 18.9. The Kier molecular flexibility index (Phi) is 5.79. The summed E-state index contributed by atoms with van der Waals surface area (Å²) in [5, 5.41) is 15.0. The molecule has 0 aliphatic heterocycles. The van der Waals surface area contributed by atoms with E-state index in [-0.39, 0.29) is 6.61 Å². The van der Waals surface area contributed by atoms with Gasteiger partial charge in [-0.15, -0.1) is 11.3 Å². The highest BCUT2D eigenvalue weighted by Crippen LogP contribution is 2.40. The van der Waals surface area contributed by atoms with Gasteiger partial charge in [0.2, 0.25) is 11.4 Å². The summed E-state index contributed by atoms with van der Waals surface area (Å²) in [5.74, 6) is -3.75. The molecule has 134 valence electrons. The highest BCUT2D eigenvalue weighted by Gasteiger charge is 2.55. The number of thiophene rings is 1. The molecule has 0 aliphatic rings. The summed E-state index contributed by atoms with van der Waals surface area (Å²) in [7, 11) is 0. The minimum absolute atomic E-state index is 0.0221. The number of amides is 1. The number of carbonyl (C=O) groups excluding carboxylic acids is 2. The number of fused-ring (bicyclic) bond motifs is 1. The Morgan fingerprint density at radius 1 is 1.28 bits per heavy atom. The maximum atomic E-state index is 12.7. The summed E-state index contributed by atoms with van der Waals surface area (Å²) in [6.07, 6.45) is 0.339. The van der Waals surface area contributed by atoms with Gasteiger partial charge in [-0.1, -0.05) is 25.1 Å². The van der Waals surface area contributed by atoms with Gasteiger partial charge in [0.1, 0.15) is 0 Å². The van der Waals surface area contributed by atoms with Crippen LogP contribution in [-0.4, -0.2) is 35.1 Å². The summed E-state index contributed by atoms with van der Waals surface area (Å²) >= 11 is 1.47. The number of carboxylic acid groups (broad SMARTS) is 1. The average molecular weight is 363 g/mol. The second-order valence-electron chi connectivity index (χ2n) is 5.66. The molecule has 6 nitrogen and oxygen atoms in total. The van der Waals surface area contributed by atoms with E-state index in [0.717, 1.165) is 10.1 Å². The Labute approximate surface area is 149 Å². The van der Waals surface area contributed by atoms with E-state index < -0.39 is 29.3 Å². The van der Waals surface area contributed by atoms with E-state index in [1.165, 1.54) is 18.3 Å². The Balaban J connectivity index is 2.69. The molecule has 1 amide bonds. The van der Waals surface area contributed by atoms with E-state index in [2.05, 4.69) is 5.32 Å². The first-order valence-electron chi connectivity index (χ1n) is 8.03. The molecular weight excluding hydrogens is 342 g/mol. The van der Waals surface area contributed by atoms with Crippen molar-refractivity contribution in [1.29, 1.82) is 0 Å². The molecule has 0 saturated heterocycles. The second-order valence-corrected chi connectivity index (χ2v) is 6.57. The summed E-state index contributed by atoms with van der Waals surface area (Å²) < 4.78 is 6.02. The molecule has 2 atom stereocenters. The molecule has 2 aromatic rings. The lowest BCUT2D eigenvalue weighted by atomic mass is 9.77. The van der Waals surface area contributed by atoms with Gasteiger partial charge >= 0.3 is 11.9 Å². The molecule has 0 fully saturated rings. The van der Waals surface area contributed by atoms with Crippen molar-refractivity contribution in [2.24, 2.45) is 0 Å². The van der Waals surface area contributed by atoms with Crippen molar-refractivity contribution < 1.29 is 24.2 Å². The van der Waals surface area contributed by atoms with Gasteiger partial charge in [-0.05, 0) is 35.7 Å². The highest BCUT2D eigenvalue weighted by atomic mass is 32.1. The zero-order valence-corrected chi connectivity index (χ0v) is 15.2. The SMILES string of the molecule is CCOC(=O)C(NC(C)=O)(C(=O)O)C(CC)c1csc2ccccc12. The van der Waals surface area contributed by atoms with Crippen molar-refractivity contribution in [2.45, 2.75) is 38.6 Å². The predicted molar refractivity (Wildman–Crippen MR) is 95.7 cm³/mol. The normalized spacial score (nSPS) is 14.5. The van der Waals surface area contributed by atoms with E-state index >= 15 is 0 Å². The van der Waals surface area contributed by atoms with Crippen LogP contribution < -0.4 is 5.32 Å². The van der Waals surface area contributed by atoms with E-state index in [1.807, 2.05) is 29.6 Å². The highest BCUT2D eigenvalue weighted by molar-refractivity contribution is 7.17. The van der Waals surface area contributed by atoms with E-state index in [1.54, 1.807) is 13.8 Å². The minimum atomic E-state index is -2.17. The number of aliphatic carboxylic acids is 1. The van der Waals surface area contributed by atoms with Crippen LogP contribution in [0.4, 0.5) is 0 Å². The minimum Gasteiger partial charge on any atom is -0.479 e. The summed E-state index contributed by atoms with van der Waals surface area (Å²) in [4.78, 5) is 36.6. The molecule has 1 aromatic heterocycles. The molecule has 25 heavy (non-hydrogen) atoms. The van der Waals surface area contributed by atoms with E-state index in [9.17, 15) is 19.5 Å². The van der Waals surface area contributed by atoms with Gasteiger partial charge in [-0.25, -0.2) is 9.59 Å². The number of hydrogen-bond acceptors (Lipinski definition) is 5. The number of benzene rings is 1. The molecule has 1 heterocycles. The standard InChI is InChI=1S/C18H21NO5S/c1-4-14(13-10-25-15-9-7-6-8-12(13)15)18(16(21)22,19-11(3)20)17(23)24-5-2/h6-10,14H,4-5H2,1-3H3,(H,19,20)(H,21,22). The number of hydrogen-bond donors (Lipinski definition) is 2.